The summed E-state index contributed by atoms with van der Waals surface area (Å²) in [6, 6.07) is 18.8. The van der Waals surface area contributed by atoms with Gasteiger partial charge >= 0.3 is 0 Å². The first-order valence-corrected chi connectivity index (χ1v) is 6.20. The van der Waals surface area contributed by atoms with Crippen molar-refractivity contribution in [1.29, 1.82) is 0 Å². The Morgan fingerprint density at radius 2 is 1.37 bits per heavy atom. The van der Waals surface area contributed by atoms with E-state index in [1.807, 2.05) is 24.3 Å². The van der Waals surface area contributed by atoms with Gasteiger partial charge in [-0.25, -0.2) is 4.99 Å². The van der Waals surface area contributed by atoms with E-state index in [2.05, 4.69) is 35.3 Å². The minimum absolute atomic E-state index is 0.122. The quantitative estimate of drug-likeness (QED) is 0.416. The Balaban J connectivity index is 2.36. The summed E-state index contributed by atoms with van der Waals surface area (Å²) in [5.41, 5.74) is 12.1. The van der Waals surface area contributed by atoms with Gasteiger partial charge < -0.3 is 11.5 Å². The van der Waals surface area contributed by atoms with Crippen LogP contribution in [0.3, 0.4) is 0 Å². The molecule has 3 heteroatoms. The third kappa shape index (κ3) is 2.10. The highest BCUT2D eigenvalue weighted by atomic mass is 15.0. The van der Waals surface area contributed by atoms with Crippen molar-refractivity contribution < 1.29 is 0 Å². The van der Waals surface area contributed by atoms with Gasteiger partial charge in [-0.2, -0.15) is 0 Å². The first-order valence-electron chi connectivity index (χ1n) is 6.20. The lowest BCUT2D eigenvalue weighted by molar-refractivity contribution is 1.08. The molecule has 0 bridgehead atoms. The van der Waals surface area contributed by atoms with Crippen LogP contribution in [0.15, 0.2) is 59.6 Å². The summed E-state index contributed by atoms with van der Waals surface area (Å²) in [7, 11) is 0. The van der Waals surface area contributed by atoms with Crippen molar-refractivity contribution >= 4 is 27.5 Å². The van der Waals surface area contributed by atoms with Crippen molar-refractivity contribution in [3.8, 4) is 0 Å². The molecule has 0 saturated carbocycles. The summed E-state index contributed by atoms with van der Waals surface area (Å²) in [6.45, 7) is 0.504. The molecule has 0 aromatic heterocycles. The van der Waals surface area contributed by atoms with Crippen LogP contribution in [-0.2, 0) is 6.54 Å². The van der Waals surface area contributed by atoms with Crippen LogP contribution in [0.4, 0.5) is 0 Å². The third-order valence-electron chi connectivity index (χ3n) is 3.30. The van der Waals surface area contributed by atoms with Crippen molar-refractivity contribution in [2.75, 3.05) is 0 Å². The summed E-state index contributed by atoms with van der Waals surface area (Å²) in [5.74, 6) is 0.122. The van der Waals surface area contributed by atoms with Crippen molar-refractivity contribution in [2.45, 2.75) is 6.54 Å². The summed E-state index contributed by atoms with van der Waals surface area (Å²) < 4.78 is 0. The van der Waals surface area contributed by atoms with E-state index < -0.39 is 0 Å². The molecule has 3 rings (SSSR count). The standard InChI is InChI=1S/C16H15N3/c17-16(18)19-10-15-13-7-3-1-5-11(13)9-12-6-2-4-8-14(12)15/h1-9H,10H2,(H4,17,18,19). The second-order valence-corrected chi connectivity index (χ2v) is 4.54. The maximum atomic E-state index is 5.46. The highest BCUT2D eigenvalue weighted by molar-refractivity contribution is 6.02. The molecule has 94 valence electrons. The first kappa shape index (κ1) is 11.5. The van der Waals surface area contributed by atoms with E-state index in [0.29, 0.717) is 6.54 Å². The Bertz CT molecular complexity index is 717. The number of guanidine groups is 1. The molecule has 19 heavy (non-hydrogen) atoms. The van der Waals surface area contributed by atoms with E-state index in [0.717, 1.165) is 0 Å². The van der Waals surface area contributed by atoms with Crippen LogP contribution in [0.5, 0.6) is 0 Å². The molecule has 0 radical (unpaired) electrons. The van der Waals surface area contributed by atoms with Gasteiger partial charge in [0.1, 0.15) is 0 Å². The van der Waals surface area contributed by atoms with Crippen molar-refractivity contribution in [1.82, 2.24) is 0 Å². The molecule has 3 nitrogen and oxygen atoms in total. The monoisotopic (exact) mass is 249 g/mol. The molecule has 0 saturated heterocycles. The minimum Gasteiger partial charge on any atom is -0.370 e. The molecule has 0 heterocycles. The molecule has 0 fully saturated rings. The van der Waals surface area contributed by atoms with Crippen LogP contribution in [0.25, 0.3) is 21.5 Å². The van der Waals surface area contributed by atoms with E-state index in [4.69, 9.17) is 11.5 Å². The van der Waals surface area contributed by atoms with E-state index >= 15 is 0 Å². The van der Waals surface area contributed by atoms with Crippen LogP contribution in [-0.4, -0.2) is 5.96 Å². The number of aliphatic imine (C=N–C) groups is 1. The largest absolute Gasteiger partial charge is 0.370 e. The van der Waals surface area contributed by atoms with E-state index in [9.17, 15) is 0 Å². The fourth-order valence-corrected chi connectivity index (χ4v) is 2.45. The highest BCUT2D eigenvalue weighted by Crippen LogP contribution is 2.28. The lowest BCUT2D eigenvalue weighted by Crippen LogP contribution is -2.22. The molecule has 0 atom stereocenters. The Kier molecular flexibility index (Phi) is 2.80. The summed E-state index contributed by atoms with van der Waals surface area (Å²) in [4.78, 5) is 4.17. The molecule has 3 aromatic carbocycles. The second kappa shape index (κ2) is 4.61. The van der Waals surface area contributed by atoms with Gasteiger partial charge in [0.2, 0.25) is 0 Å². The van der Waals surface area contributed by atoms with Gasteiger partial charge in [0, 0.05) is 0 Å². The van der Waals surface area contributed by atoms with Gasteiger partial charge in [0.05, 0.1) is 6.54 Å². The SMILES string of the molecule is NC(N)=NCc1c2ccccc2cc2ccccc12. The Morgan fingerprint density at radius 1 is 0.842 bits per heavy atom. The van der Waals surface area contributed by atoms with Crippen LogP contribution in [0, 0.1) is 0 Å². The fraction of sp³-hybridized carbons (Fsp3) is 0.0625. The Hall–Kier alpha value is -2.55. The summed E-state index contributed by atoms with van der Waals surface area (Å²) in [5, 5.41) is 4.82. The number of fused-ring (bicyclic) bond motifs is 2. The number of nitrogens with two attached hydrogens (primary N) is 2. The molecule has 0 unspecified atom stereocenters. The van der Waals surface area contributed by atoms with E-state index in [1.165, 1.54) is 27.1 Å². The molecular formula is C16H15N3. The molecule has 0 spiro atoms. The normalized spacial score (nSPS) is 10.7. The van der Waals surface area contributed by atoms with Crippen LogP contribution in [0.1, 0.15) is 5.56 Å². The minimum atomic E-state index is 0.122. The molecular weight excluding hydrogens is 234 g/mol. The molecule has 0 aliphatic carbocycles. The maximum Gasteiger partial charge on any atom is 0.186 e. The van der Waals surface area contributed by atoms with Gasteiger partial charge in [0.25, 0.3) is 0 Å². The number of rotatable bonds is 2. The van der Waals surface area contributed by atoms with E-state index in [-0.39, 0.29) is 5.96 Å². The van der Waals surface area contributed by atoms with Crippen molar-refractivity contribution in [2.24, 2.45) is 16.5 Å². The second-order valence-electron chi connectivity index (χ2n) is 4.54. The van der Waals surface area contributed by atoms with Crippen molar-refractivity contribution in [3.05, 3.63) is 60.2 Å². The van der Waals surface area contributed by atoms with Gasteiger partial charge in [-0.1, -0.05) is 48.5 Å². The lowest BCUT2D eigenvalue weighted by atomic mass is 9.97. The predicted molar refractivity (Wildman–Crippen MR) is 81.0 cm³/mol. The van der Waals surface area contributed by atoms with Gasteiger partial charge in [-0.05, 0) is 33.2 Å². The Labute approximate surface area is 111 Å². The fourth-order valence-electron chi connectivity index (χ4n) is 2.45. The molecule has 4 N–H and O–H groups in total. The first-order chi connectivity index (χ1) is 9.25. The zero-order valence-electron chi connectivity index (χ0n) is 10.5. The van der Waals surface area contributed by atoms with Gasteiger partial charge in [0.15, 0.2) is 5.96 Å². The molecule has 3 aromatic rings. The van der Waals surface area contributed by atoms with Gasteiger partial charge in [-0.15, -0.1) is 0 Å². The topological polar surface area (TPSA) is 64.4 Å². The Morgan fingerprint density at radius 3 is 1.89 bits per heavy atom. The predicted octanol–water partition coefficient (Wildman–Crippen LogP) is 2.77. The maximum absolute atomic E-state index is 5.46. The molecule has 0 amide bonds. The number of nitrogens with zero attached hydrogens (tertiary/aromatic N) is 1. The summed E-state index contributed by atoms with van der Waals surface area (Å²) >= 11 is 0. The van der Waals surface area contributed by atoms with Gasteiger partial charge in [-0.3, -0.25) is 0 Å². The van der Waals surface area contributed by atoms with E-state index in [1.54, 1.807) is 0 Å². The third-order valence-corrected chi connectivity index (χ3v) is 3.30. The number of hydrogen-bond donors (Lipinski definition) is 2. The zero-order valence-corrected chi connectivity index (χ0v) is 10.5. The lowest BCUT2D eigenvalue weighted by Gasteiger charge is -2.09. The molecule has 0 aliphatic rings. The number of benzene rings is 3. The van der Waals surface area contributed by atoms with Crippen molar-refractivity contribution in [3.63, 3.8) is 0 Å². The molecule has 0 aliphatic heterocycles. The van der Waals surface area contributed by atoms with Crippen LogP contribution < -0.4 is 11.5 Å². The number of hydrogen-bond acceptors (Lipinski definition) is 1. The van der Waals surface area contributed by atoms with Crippen LogP contribution >= 0.6 is 0 Å². The smallest absolute Gasteiger partial charge is 0.186 e. The highest BCUT2D eigenvalue weighted by Gasteiger charge is 2.06. The average Bonchev–Trinajstić information content (AvgIpc) is 2.43. The average molecular weight is 249 g/mol. The summed E-state index contributed by atoms with van der Waals surface area (Å²) in [6.07, 6.45) is 0. The van der Waals surface area contributed by atoms with Crippen LogP contribution in [0.2, 0.25) is 0 Å². The zero-order chi connectivity index (χ0) is 13.2.